The fourth-order valence-corrected chi connectivity index (χ4v) is 1.49. The molecule has 0 aliphatic heterocycles. The van der Waals surface area contributed by atoms with Gasteiger partial charge in [0.05, 0.1) is 6.54 Å². The Hall–Kier alpha value is -1.91. The quantitative estimate of drug-likeness (QED) is 0.816. The van der Waals surface area contributed by atoms with E-state index in [4.69, 9.17) is 4.52 Å². The second-order valence-electron chi connectivity index (χ2n) is 3.79. The third-order valence-electron chi connectivity index (χ3n) is 2.47. The van der Waals surface area contributed by atoms with Crippen molar-refractivity contribution in [3.8, 4) is 0 Å². The smallest absolute Gasteiger partial charge is 0.246 e. The first-order valence-electron chi connectivity index (χ1n) is 5.47. The molecule has 4 nitrogen and oxygen atoms in total. The molecule has 2 aromatic rings. The van der Waals surface area contributed by atoms with Gasteiger partial charge in [-0.2, -0.15) is 4.98 Å². The molecule has 0 unspecified atom stereocenters. The zero-order valence-electron chi connectivity index (χ0n) is 9.85. The molecule has 0 radical (unpaired) electrons. The molecule has 1 aromatic carbocycles. The topological polar surface area (TPSA) is 42.2 Å². The van der Waals surface area contributed by atoms with Crippen molar-refractivity contribution in [1.82, 2.24) is 10.1 Å². The van der Waals surface area contributed by atoms with E-state index in [2.05, 4.69) is 10.1 Å². The van der Waals surface area contributed by atoms with Gasteiger partial charge in [-0.3, -0.25) is 0 Å². The first-order chi connectivity index (χ1) is 8.19. The molecule has 0 amide bonds. The molecule has 17 heavy (non-hydrogen) atoms. The highest BCUT2D eigenvalue weighted by molar-refractivity contribution is 5.45. The largest absolute Gasteiger partial charge is 0.365 e. The molecule has 1 heterocycles. The standard InChI is InChI=1S/C12H14FN3O/c1-3-11-14-12(17-15-11)8-16(2)10-6-4-9(13)5-7-10/h4-7H,3,8H2,1-2H3. The van der Waals surface area contributed by atoms with Gasteiger partial charge in [0.2, 0.25) is 5.89 Å². The van der Waals surface area contributed by atoms with E-state index in [-0.39, 0.29) is 5.82 Å². The summed E-state index contributed by atoms with van der Waals surface area (Å²) in [6.07, 6.45) is 0.754. The van der Waals surface area contributed by atoms with E-state index in [1.165, 1.54) is 12.1 Å². The summed E-state index contributed by atoms with van der Waals surface area (Å²) in [5.74, 6) is 1.02. The van der Waals surface area contributed by atoms with Crippen molar-refractivity contribution in [1.29, 1.82) is 0 Å². The van der Waals surface area contributed by atoms with Gasteiger partial charge in [0.15, 0.2) is 5.82 Å². The van der Waals surface area contributed by atoms with E-state index >= 15 is 0 Å². The molecule has 0 aliphatic rings. The normalized spacial score (nSPS) is 10.5. The van der Waals surface area contributed by atoms with Crippen molar-refractivity contribution in [3.05, 3.63) is 41.8 Å². The van der Waals surface area contributed by atoms with Crippen LogP contribution in [0.2, 0.25) is 0 Å². The Morgan fingerprint density at radius 3 is 2.59 bits per heavy atom. The van der Waals surface area contributed by atoms with Gasteiger partial charge < -0.3 is 9.42 Å². The van der Waals surface area contributed by atoms with Gasteiger partial charge in [-0.25, -0.2) is 4.39 Å². The van der Waals surface area contributed by atoms with Crippen LogP contribution in [0.3, 0.4) is 0 Å². The zero-order valence-corrected chi connectivity index (χ0v) is 9.85. The van der Waals surface area contributed by atoms with E-state index in [0.29, 0.717) is 18.3 Å². The maximum Gasteiger partial charge on any atom is 0.246 e. The maximum absolute atomic E-state index is 12.8. The second kappa shape index (κ2) is 4.95. The Kier molecular flexibility index (Phi) is 3.37. The molecule has 1 aromatic heterocycles. The molecule has 0 saturated carbocycles. The third-order valence-corrected chi connectivity index (χ3v) is 2.47. The van der Waals surface area contributed by atoms with Crippen LogP contribution in [0.1, 0.15) is 18.6 Å². The molecule has 0 aliphatic carbocycles. The zero-order chi connectivity index (χ0) is 12.3. The van der Waals surface area contributed by atoms with Crippen LogP contribution in [-0.2, 0) is 13.0 Å². The van der Waals surface area contributed by atoms with Crippen LogP contribution in [0.5, 0.6) is 0 Å². The van der Waals surface area contributed by atoms with Gasteiger partial charge >= 0.3 is 0 Å². The van der Waals surface area contributed by atoms with E-state index in [0.717, 1.165) is 12.1 Å². The average molecular weight is 235 g/mol. The number of halogens is 1. The van der Waals surface area contributed by atoms with Crippen molar-refractivity contribution >= 4 is 5.69 Å². The van der Waals surface area contributed by atoms with Gasteiger partial charge in [0.25, 0.3) is 0 Å². The Morgan fingerprint density at radius 1 is 1.29 bits per heavy atom. The predicted octanol–water partition coefficient (Wildman–Crippen LogP) is 2.41. The molecule has 2 rings (SSSR count). The summed E-state index contributed by atoms with van der Waals surface area (Å²) in [4.78, 5) is 6.14. The molecule has 0 atom stereocenters. The Balaban J connectivity index is 2.05. The molecular weight excluding hydrogens is 221 g/mol. The molecule has 90 valence electrons. The predicted molar refractivity (Wildman–Crippen MR) is 62.2 cm³/mol. The minimum Gasteiger partial charge on any atom is -0.365 e. The van der Waals surface area contributed by atoms with Gasteiger partial charge in [-0.15, -0.1) is 0 Å². The summed E-state index contributed by atoms with van der Waals surface area (Å²) >= 11 is 0. The number of rotatable bonds is 4. The minimum absolute atomic E-state index is 0.242. The van der Waals surface area contributed by atoms with Crippen LogP contribution in [0, 0.1) is 5.82 Å². The molecule has 0 N–H and O–H groups in total. The van der Waals surface area contributed by atoms with Crippen LogP contribution in [0.25, 0.3) is 0 Å². The van der Waals surface area contributed by atoms with Crippen molar-refractivity contribution in [2.75, 3.05) is 11.9 Å². The number of anilines is 1. The molecule has 5 heteroatoms. The first kappa shape index (κ1) is 11.6. The summed E-state index contributed by atoms with van der Waals surface area (Å²) in [5, 5.41) is 3.82. The number of nitrogens with zero attached hydrogens (tertiary/aromatic N) is 3. The lowest BCUT2D eigenvalue weighted by Gasteiger charge is -2.16. The van der Waals surface area contributed by atoms with Crippen LogP contribution >= 0.6 is 0 Å². The number of hydrogen-bond donors (Lipinski definition) is 0. The van der Waals surface area contributed by atoms with E-state index in [1.807, 2.05) is 18.9 Å². The Labute approximate surface area is 99.1 Å². The lowest BCUT2D eigenvalue weighted by atomic mass is 10.3. The summed E-state index contributed by atoms with van der Waals surface area (Å²) in [5.41, 5.74) is 0.905. The summed E-state index contributed by atoms with van der Waals surface area (Å²) < 4.78 is 17.9. The molecular formula is C12H14FN3O. The lowest BCUT2D eigenvalue weighted by molar-refractivity contribution is 0.373. The fourth-order valence-electron chi connectivity index (χ4n) is 1.49. The Bertz CT molecular complexity index is 481. The molecule has 0 bridgehead atoms. The Morgan fingerprint density at radius 2 is 2.00 bits per heavy atom. The van der Waals surface area contributed by atoms with E-state index < -0.39 is 0 Å². The highest BCUT2D eigenvalue weighted by Crippen LogP contribution is 2.15. The maximum atomic E-state index is 12.8. The van der Waals surface area contributed by atoms with Crippen LogP contribution in [0.15, 0.2) is 28.8 Å². The van der Waals surface area contributed by atoms with Crippen LogP contribution in [-0.4, -0.2) is 17.2 Å². The van der Waals surface area contributed by atoms with Crippen LogP contribution in [0.4, 0.5) is 10.1 Å². The summed E-state index contributed by atoms with van der Waals surface area (Å²) in [6, 6.07) is 6.28. The highest BCUT2D eigenvalue weighted by atomic mass is 19.1. The van der Waals surface area contributed by atoms with Crippen molar-refractivity contribution in [2.45, 2.75) is 19.9 Å². The number of aryl methyl sites for hydroxylation is 1. The average Bonchev–Trinajstić information content (AvgIpc) is 2.77. The van der Waals surface area contributed by atoms with E-state index in [1.54, 1.807) is 12.1 Å². The summed E-state index contributed by atoms with van der Waals surface area (Å²) in [6.45, 7) is 2.48. The second-order valence-corrected chi connectivity index (χ2v) is 3.79. The highest BCUT2D eigenvalue weighted by Gasteiger charge is 2.08. The first-order valence-corrected chi connectivity index (χ1v) is 5.47. The number of benzene rings is 1. The van der Waals surface area contributed by atoms with Crippen LogP contribution < -0.4 is 4.90 Å². The van der Waals surface area contributed by atoms with Gasteiger partial charge in [0, 0.05) is 19.2 Å². The van der Waals surface area contributed by atoms with Gasteiger partial charge in [-0.05, 0) is 24.3 Å². The van der Waals surface area contributed by atoms with E-state index in [9.17, 15) is 4.39 Å². The number of hydrogen-bond acceptors (Lipinski definition) is 4. The third kappa shape index (κ3) is 2.81. The monoisotopic (exact) mass is 235 g/mol. The molecule has 0 saturated heterocycles. The number of aromatic nitrogens is 2. The van der Waals surface area contributed by atoms with Gasteiger partial charge in [0.1, 0.15) is 5.82 Å². The SMILES string of the molecule is CCc1noc(CN(C)c2ccc(F)cc2)n1. The minimum atomic E-state index is -0.242. The molecule has 0 spiro atoms. The van der Waals surface area contributed by atoms with Crippen molar-refractivity contribution in [3.63, 3.8) is 0 Å². The van der Waals surface area contributed by atoms with Crippen molar-refractivity contribution in [2.24, 2.45) is 0 Å². The lowest BCUT2D eigenvalue weighted by Crippen LogP contribution is -2.16. The summed E-state index contributed by atoms with van der Waals surface area (Å²) in [7, 11) is 1.89. The molecule has 0 fully saturated rings. The fraction of sp³-hybridized carbons (Fsp3) is 0.333. The van der Waals surface area contributed by atoms with Crippen molar-refractivity contribution < 1.29 is 8.91 Å². The van der Waals surface area contributed by atoms with Gasteiger partial charge in [-0.1, -0.05) is 12.1 Å².